The first-order valence-electron chi connectivity index (χ1n) is 6.99. The van der Waals surface area contributed by atoms with Gasteiger partial charge in [0.15, 0.2) is 0 Å². The number of nitrogens with zero attached hydrogens (tertiary/aromatic N) is 2. The van der Waals surface area contributed by atoms with Crippen LogP contribution in [0.5, 0.6) is 0 Å². The van der Waals surface area contributed by atoms with Gasteiger partial charge in [0.05, 0.1) is 6.04 Å². The molecule has 0 spiro atoms. The zero-order valence-corrected chi connectivity index (χ0v) is 12.0. The molecule has 2 heterocycles. The minimum Gasteiger partial charge on any atom is -0.352 e. The van der Waals surface area contributed by atoms with Crippen molar-refractivity contribution in [2.75, 3.05) is 39.3 Å². The van der Waals surface area contributed by atoms with Gasteiger partial charge in [-0.2, -0.15) is 0 Å². The first kappa shape index (κ1) is 14.3. The van der Waals surface area contributed by atoms with E-state index in [2.05, 4.69) is 15.5 Å². The molecule has 0 saturated carbocycles. The lowest BCUT2D eigenvalue weighted by Gasteiger charge is -2.44. The van der Waals surface area contributed by atoms with E-state index in [9.17, 15) is 9.59 Å². The van der Waals surface area contributed by atoms with Crippen LogP contribution in [-0.4, -0.2) is 72.5 Å². The van der Waals surface area contributed by atoms with E-state index in [-0.39, 0.29) is 17.9 Å². The number of nitrogens with one attached hydrogen (secondary N) is 2. The summed E-state index contributed by atoms with van der Waals surface area (Å²) in [5, 5.41) is 6.10. The van der Waals surface area contributed by atoms with Crippen molar-refractivity contribution in [1.82, 2.24) is 20.4 Å². The van der Waals surface area contributed by atoms with Crippen LogP contribution in [0.15, 0.2) is 0 Å². The van der Waals surface area contributed by atoms with Gasteiger partial charge in [-0.15, -0.1) is 0 Å². The maximum absolute atomic E-state index is 12.6. The SMILES string of the molecule is CC(C(=O)N1CCNC(=O)C1(C)C)N1CCNCC1. The van der Waals surface area contributed by atoms with Crippen LogP contribution >= 0.6 is 0 Å². The molecule has 1 atom stereocenters. The third-order valence-corrected chi connectivity index (χ3v) is 4.17. The average molecular weight is 268 g/mol. The molecule has 6 heteroatoms. The molecule has 0 aromatic heterocycles. The Hall–Kier alpha value is -1.14. The van der Waals surface area contributed by atoms with Crippen molar-refractivity contribution in [3.63, 3.8) is 0 Å². The van der Waals surface area contributed by atoms with Crippen LogP contribution in [0.4, 0.5) is 0 Å². The van der Waals surface area contributed by atoms with E-state index in [0.717, 1.165) is 26.2 Å². The molecule has 0 radical (unpaired) electrons. The second kappa shape index (κ2) is 5.46. The molecule has 0 aromatic carbocycles. The van der Waals surface area contributed by atoms with Gasteiger partial charge in [0, 0.05) is 39.3 Å². The van der Waals surface area contributed by atoms with Gasteiger partial charge in [-0.25, -0.2) is 0 Å². The van der Waals surface area contributed by atoms with E-state index in [1.165, 1.54) is 0 Å². The smallest absolute Gasteiger partial charge is 0.245 e. The molecule has 0 aromatic rings. The minimum atomic E-state index is -0.752. The summed E-state index contributed by atoms with van der Waals surface area (Å²) in [6.45, 7) is 10.3. The van der Waals surface area contributed by atoms with Crippen molar-refractivity contribution in [2.45, 2.75) is 32.4 Å². The fraction of sp³-hybridized carbons (Fsp3) is 0.846. The summed E-state index contributed by atoms with van der Waals surface area (Å²) in [4.78, 5) is 28.4. The Labute approximate surface area is 114 Å². The number of piperazine rings is 2. The average Bonchev–Trinajstić information content (AvgIpc) is 2.41. The number of hydrogen-bond acceptors (Lipinski definition) is 4. The fourth-order valence-electron chi connectivity index (χ4n) is 2.74. The Balaban J connectivity index is 2.07. The van der Waals surface area contributed by atoms with Crippen molar-refractivity contribution in [3.8, 4) is 0 Å². The number of rotatable bonds is 2. The standard InChI is InChI=1S/C13H24N4O2/c1-10(16-7-4-14-5-8-16)11(18)17-9-6-15-12(19)13(17,2)3/h10,14H,4-9H2,1-3H3,(H,15,19). The zero-order valence-electron chi connectivity index (χ0n) is 12.0. The second-order valence-electron chi connectivity index (χ2n) is 5.77. The van der Waals surface area contributed by atoms with Crippen LogP contribution in [0.25, 0.3) is 0 Å². The number of hydrogen-bond donors (Lipinski definition) is 2. The van der Waals surface area contributed by atoms with Crippen molar-refractivity contribution in [3.05, 3.63) is 0 Å². The summed E-state index contributed by atoms with van der Waals surface area (Å²) >= 11 is 0. The zero-order chi connectivity index (χ0) is 14.0. The van der Waals surface area contributed by atoms with Crippen molar-refractivity contribution >= 4 is 11.8 Å². The van der Waals surface area contributed by atoms with Crippen LogP contribution in [0.2, 0.25) is 0 Å². The lowest BCUT2D eigenvalue weighted by molar-refractivity contribution is -0.152. The van der Waals surface area contributed by atoms with Gasteiger partial charge in [-0.3, -0.25) is 14.5 Å². The summed E-state index contributed by atoms with van der Waals surface area (Å²) < 4.78 is 0. The van der Waals surface area contributed by atoms with Crippen LogP contribution < -0.4 is 10.6 Å². The van der Waals surface area contributed by atoms with Gasteiger partial charge in [0.1, 0.15) is 5.54 Å². The van der Waals surface area contributed by atoms with E-state index in [1.54, 1.807) is 4.90 Å². The second-order valence-corrected chi connectivity index (χ2v) is 5.77. The van der Waals surface area contributed by atoms with E-state index < -0.39 is 5.54 Å². The Morgan fingerprint density at radius 1 is 1.21 bits per heavy atom. The van der Waals surface area contributed by atoms with Gasteiger partial charge in [-0.05, 0) is 20.8 Å². The Morgan fingerprint density at radius 3 is 2.47 bits per heavy atom. The molecule has 1 unspecified atom stereocenters. The molecule has 108 valence electrons. The number of carbonyl (C=O) groups is 2. The molecule has 2 aliphatic heterocycles. The van der Waals surface area contributed by atoms with E-state index in [1.807, 2.05) is 20.8 Å². The highest BCUT2D eigenvalue weighted by atomic mass is 16.2. The molecule has 0 aliphatic carbocycles. The molecular weight excluding hydrogens is 244 g/mol. The maximum Gasteiger partial charge on any atom is 0.245 e. The normalized spacial score (nSPS) is 25.8. The van der Waals surface area contributed by atoms with Gasteiger partial charge in [-0.1, -0.05) is 0 Å². The summed E-state index contributed by atoms with van der Waals surface area (Å²) in [7, 11) is 0. The molecule has 2 aliphatic rings. The Bertz CT molecular complexity index is 364. The van der Waals surface area contributed by atoms with Crippen LogP contribution in [0, 0.1) is 0 Å². The summed E-state index contributed by atoms with van der Waals surface area (Å²) in [5.41, 5.74) is -0.752. The third kappa shape index (κ3) is 2.74. The predicted molar refractivity (Wildman–Crippen MR) is 72.7 cm³/mol. The predicted octanol–water partition coefficient (Wildman–Crippen LogP) is -0.983. The van der Waals surface area contributed by atoms with Gasteiger partial charge >= 0.3 is 0 Å². The first-order valence-corrected chi connectivity index (χ1v) is 6.99. The van der Waals surface area contributed by atoms with Gasteiger partial charge in [0.25, 0.3) is 0 Å². The molecule has 2 amide bonds. The maximum atomic E-state index is 12.6. The number of carbonyl (C=O) groups excluding carboxylic acids is 2. The summed E-state index contributed by atoms with van der Waals surface area (Å²) in [6, 6.07) is -0.160. The van der Waals surface area contributed by atoms with Crippen molar-refractivity contribution in [1.29, 1.82) is 0 Å². The highest BCUT2D eigenvalue weighted by Gasteiger charge is 2.42. The molecule has 2 N–H and O–H groups in total. The highest BCUT2D eigenvalue weighted by molar-refractivity contribution is 5.93. The van der Waals surface area contributed by atoms with Crippen LogP contribution in [0.1, 0.15) is 20.8 Å². The molecule has 2 saturated heterocycles. The van der Waals surface area contributed by atoms with E-state index in [0.29, 0.717) is 13.1 Å². The summed E-state index contributed by atoms with van der Waals surface area (Å²) in [5.74, 6) is -0.0126. The minimum absolute atomic E-state index is 0.0572. The molecule has 6 nitrogen and oxygen atoms in total. The fourth-order valence-corrected chi connectivity index (χ4v) is 2.74. The molecule has 2 fully saturated rings. The van der Waals surface area contributed by atoms with Crippen LogP contribution in [0.3, 0.4) is 0 Å². The molecule has 0 bridgehead atoms. The van der Waals surface area contributed by atoms with Gasteiger partial charge < -0.3 is 15.5 Å². The highest BCUT2D eigenvalue weighted by Crippen LogP contribution is 2.20. The lowest BCUT2D eigenvalue weighted by atomic mass is 9.97. The molecular formula is C13H24N4O2. The Morgan fingerprint density at radius 2 is 1.84 bits per heavy atom. The third-order valence-electron chi connectivity index (χ3n) is 4.17. The van der Waals surface area contributed by atoms with Gasteiger partial charge in [0.2, 0.25) is 11.8 Å². The van der Waals surface area contributed by atoms with Crippen molar-refractivity contribution < 1.29 is 9.59 Å². The van der Waals surface area contributed by atoms with E-state index >= 15 is 0 Å². The van der Waals surface area contributed by atoms with E-state index in [4.69, 9.17) is 0 Å². The Kier molecular flexibility index (Phi) is 4.10. The molecule has 19 heavy (non-hydrogen) atoms. The molecule has 2 rings (SSSR count). The summed E-state index contributed by atoms with van der Waals surface area (Å²) in [6.07, 6.45) is 0. The topological polar surface area (TPSA) is 64.7 Å². The largest absolute Gasteiger partial charge is 0.352 e. The first-order chi connectivity index (χ1) is 8.94. The van der Waals surface area contributed by atoms with Crippen LogP contribution in [-0.2, 0) is 9.59 Å². The number of amides is 2. The quantitative estimate of drug-likeness (QED) is 0.675. The lowest BCUT2D eigenvalue weighted by Crippen LogP contribution is -2.66. The monoisotopic (exact) mass is 268 g/mol. The van der Waals surface area contributed by atoms with Crippen molar-refractivity contribution in [2.24, 2.45) is 0 Å².